The van der Waals surface area contributed by atoms with Crippen molar-refractivity contribution in [1.29, 1.82) is 0 Å². The molecule has 0 aliphatic heterocycles. The van der Waals surface area contributed by atoms with Gasteiger partial charge in [0.15, 0.2) is 0 Å². The van der Waals surface area contributed by atoms with Gasteiger partial charge in [-0.15, -0.1) is 0 Å². The molecule has 0 aliphatic rings. The average molecular weight is 425 g/mol. The molecule has 0 aromatic heterocycles. The van der Waals surface area contributed by atoms with Crippen LogP contribution in [0.4, 0.5) is 0 Å². The Morgan fingerprint density at radius 3 is 1.87 bits per heavy atom. The molecule has 31 heavy (non-hydrogen) atoms. The van der Waals surface area contributed by atoms with Gasteiger partial charge in [0.1, 0.15) is 0 Å². The molecule has 1 unspecified atom stereocenters. The first-order valence-corrected chi connectivity index (χ1v) is 11.4. The highest BCUT2D eigenvalue weighted by atomic mass is 35.5. The van der Waals surface area contributed by atoms with Crippen LogP contribution < -0.4 is 0 Å². The van der Waals surface area contributed by atoms with Gasteiger partial charge in [-0.25, -0.2) is 0 Å². The van der Waals surface area contributed by atoms with Gasteiger partial charge < -0.3 is 0 Å². The van der Waals surface area contributed by atoms with Gasteiger partial charge in [-0.1, -0.05) is 129 Å². The molecule has 0 amide bonds. The molecule has 0 radical (unpaired) electrons. The first-order chi connectivity index (χ1) is 15.1. The van der Waals surface area contributed by atoms with Crippen LogP contribution in [0, 0.1) is 0 Å². The summed E-state index contributed by atoms with van der Waals surface area (Å²) < 4.78 is 0. The Labute approximate surface area is 191 Å². The van der Waals surface area contributed by atoms with E-state index in [0.717, 1.165) is 17.0 Å². The molecule has 4 aromatic carbocycles. The average Bonchev–Trinajstić information content (AvgIpc) is 2.81. The minimum atomic E-state index is 0.351. The van der Waals surface area contributed by atoms with Crippen molar-refractivity contribution >= 4 is 11.6 Å². The third-order valence-corrected chi connectivity index (χ3v) is 6.50. The van der Waals surface area contributed by atoms with Crippen LogP contribution in [0.15, 0.2) is 97.1 Å². The van der Waals surface area contributed by atoms with Crippen molar-refractivity contribution in [2.75, 3.05) is 0 Å². The third kappa shape index (κ3) is 4.60. The molecule has 1 heteroatoms. The summed E-state index contributed by atoms with van der Waals surface area (Å²) in [5.74, 6) is 0.803. The van der Waals surface area contributed by atoms with Gasteiger partial charge in [0.05, 0.1) is 5.02 Å². The van der Waals surface area contributed by atoms with Crippen molar-refractivity contribution in [3.63, 3.8) is 0 Å². The maximum Gasteiger partial charge on any atom is 0.0516 e. The van der Waals surface area contributed by atoms with Gasteiger partial charge in [-0.05, 0) is 51.6 Å². The molecular weight excluding hydrogens is 396 g/mol. The fraction of sp³-hybridized carbons (Fsp3) is 0.200. The molecule has 1 atom stereocenters. The summed E-state index contributed by atoms with van der Waals surface area (Å²) >= 11 is 7.01. The van der Waals surface area contributed by atoms with Gasteiger partial charge in [0, 0.05) is 5.56 Å². The first-order valence-electron chi connectivity index (χ1n) is 11.1. The number of hydrogen-bond acceptors (Lipinski definition) is 0. The monoisotopic (exact) mass is 424 g/mol. The lowest BCUT2D eigenvalue weighted by atomic mass is 9.86. The molecule has 0 fully saturated rings. The quantitative estimate of drug-likeness (QED) is 0.289. The number of benzene rings is 4. The van der Waals surface area contributed by atoms with Gasteiger partial charge >= 0.3 is 0 Å². The van der Waals surface area contributed by atoms with Gasteiger partial charge in [0.2, 0.25) is 0 Å². The van der Waals surface area contributed by atoms with E-state index >= 15 is 0 Å². The molecule has 0 aliphatic carbocycles. The summed E-state index contributed by atoms with van der Waals surface area (Å²) in [7, 11) is 0. The van der Waals surface area contributed by atoms with E-state index in [1.807, 2.05) is 0 Å². The van der Waals surface area contributed by atoms with Gasteiger partial charge in [0.25, 0.3) is 0 Å². The van der Waals surface area contributed by atoms with Crippen molar-refractivity contribution in [3.05, 3.63) is 119 Å². The maximum absolute atomic E-state index is 7.01. The third-order valence-electron chi connectivity index (χ3n) is 6.05. The molecule has 4 aromatic rings. The maximum atomic E-state index is 7.01. The number of halogens is 1. The highest BCUT2D eigenvalue weighted by molar-refractivity contribution is 6.34. The lowest BCUT2D eigenvalue weighted by Crippen LogP contribution is -2.02. The predicted molar refractivity (Wildman–Crippen MR) is 135 cm³/mol. The SMILES string of the molecule is CC(C)c1ccccc1-c1cccc(CC(C)c2ccccc2-c2ccccc2)c1Cl. The van der Waals surface area contributed by atoms with Crippen molar-refractivity contribution < 1.29 is 0 Å². The number of hydrogen-bond donors (Lipinski definition) is 0. The first kappa shape index (κ1) is 21.4. The van der Waals surface area contributed by atoms with E-state index in [4.69, 9.17) is 11.6 Å². The highest BCUT2D eigenvalue weighted by Crippen LogP contribution is 2.38. The zero-order chi connectivity index (χ0) is 21.8. The van der Waals surface area contributed by atoms with Crippen molar-refractivity contribution in [2.24, 2.45) is 0 Å². The topological polar surface area (TPSA) is 0 Å². The van der Waals surface area contributed by atoms with Crippen LogP contribution in [0.1, 0.15) is 49.3 Å². The molecule has 0 N–H and O–H groups in total. The van der Waals surface area contributed by atoms with Crippen LogP contribution in [0.2, 0.25) is 5.02 Å². The molecule has 0 bridgehead atoms. The van der Waals surface area contributed by atoms with Gasteiger partial charge in [-0.3, -0.25) is 0 Å². The van der Waals surface area contributed by atoms with E-state index in [0.29, 0.717) is 11.8 Å². The Morgan fingerprint density at radius 2 is 1.16 bits per heavy atom. The van der Waals surface area contributed by atoms with E-state index in [1.165, 1.54) is 33.4 Å². The second-order valence-electron chi connectivity index (χ2n) is 8.58. The van der Waals surface area contributed by atoms with Gasteiger partial charge in [-0.2, -0.15) is 0 Å². The summed E-state index contributed by atoms with van der Waals surface area (Å²) in [5, 5.41) is 0.875. The molecule has 4 rings (SSSR count). The van der Waals surface area contributed by atoms with E-state index in [1.54, 1.807) is 0 Å². The summed E-state index contributed by atoms with van der Waals surface area (Å²) in [6.45, 7) is 6.77. The molecule has 156 valence electrons. The fourth-order valence-electron chi connectivity index (χ4n) is 4.44. The minimum Gasteiger partial charge on any atom is -0.0834 e. The molecule has 0 heterocycles. The normalized spacial score (nSPS) is 12.2. The second-order valence-corrected chi connectivity index (χ2v) is 8.96. The van der Waals surface area contributed by atoms with Crippen LogP contribution in [-0.2, 0) is 6.42 Å². The summed E-state index contributed by atoms with van der Waals surface area (Å²) in [5.41, 5.74) is 8.83. The minimum absolute atomic E-state index is 0.351. The Morgan fingerprint density at radius 1 is 0.581 bits per heavy atom. The highest BCUT2D eigenvalue weighted by Gasteiger charge is 2.17. The van der Waals surface area contributed by atoms with Crippen LogP contribution in [0.5, 0.6) is 0 Å². The van der Waals surface area contributed by atoms with Crippen molar-refractivity contribution in [2.45, 2.75) is 39.0 Å². The number of rotatable bonds is 6. The molecule has 0 nitrogen and oxygen atoms in total. The Kier molecular flexibility index (Phi) is 6.59. The summed E-state index contributed by atoms with van der Waals surface area (Å²) in [6.07, 6.45) is 0.903. The smallest absolute Gasteiger partial charge is 0.0516 e. The Balaban J connectivity index is 1.69. The molecular formula is C30H29Cl. The standard InChI is InChI=1S/C30H29Cl/c1-21(2)25-15-7-10-18-28(25)29-19-11-14-24(30(29)31)20-22(3)26-16-8-9-17-27(26)23-12-5-4-6-13-23/h4-19,21-22H,20H2,1-3H3. The second kappa shape index (κ2) is 9.54. The molecule has 0 saturated carbocycles. The van der Waals surface area contributed by atoms with Crippen LogP contribution in [0.3, 0.4) is 0 Å². The lowest BCUT2D eigenvalue weighted by Gasteiger charge is -2.20. The lowest BCUT2D eigenvalue weighted by molar-refractivity contribution is 0.761. The summed E-state index contributed by atoms with van der Waals surface area (Å²) in [6, 6.07) is 34.4. The van der Waals surface area contributed by atoms with Crippen molar-refractivity contribution in [3.8, 4) is 22.3 Å². The van der Waals surface area contributed by atoms with E-state index in [2.05, 4.69) is 118 Å². The van der Waals surface area contributed by atoms with E-state index < -0.39 is 0 Å². The van der Waals surface area contributed by atoms with E-state index in [9.17, 15) is 0 Å². The largest absolute Gasteiger partial charge is 0.0834 e. The molecule has 0 spiro atoms. The van der Waals surface area contributed by atoms with Crippen LogP contribution in [-0.4, -0.2) is 0 Å². The molecule has 0 saturated heterocycles. The van der Waals surface area contributed by atoms with E-state index in [-0.39, 0.29) is 0 Å². The zero-order valence-corrected chi connectivity index (χ0v) is 19.2. The Bertz CT molecular complexity index is 1160. The predicted octanol–water partition coefficient (Wildman–Crippen LogP) is 9.14. The summed E-state index contributed by atoms with van der Waals surface area (Å²) in [4.78, 5) is 0. The van der Waals surface area contributed by atoms with Crippen LogP contribution >= 0.6 is 11.6 Å². The zero-order valence-electron chi connectivity index (χ0n) is 18.5. The van der Waals surface area contributed by atoms with Crippen molar-refractivity contribution in [1.82, 2.24) is 0 Å². The fourth-order valence-corrected chi connectivity index (χ4v) is 4.74. The van der Waals surface area contributed by atoms with Crippen LogP contribution in [0.25, 0.3) is 22.3 Å². The Hall–Kier alpha value is -2.83.